The van der Waals surface area contributed by atoms with Gasteiger partial charge in [-0.15, -0.1) is 11.8 Å². The Morgan fingerprint density at radius 3 is 2.21 bits per heavy atom. The number of benzene rings is 3. The standard InChI is InChI=1S/C26H25F3N2OS/c1-19-5-11-24(12-6-19)33-18-20-7-9-21(10-8-20)25(32)31-15-13-30(14-16-31)23-4-2-3-22(17-23)26(27,28)29/h2-12,17H,13-16,18H2,1H3. The molecule has 3 aromatic rings. The van der Waals surface area contributed by atoms with E-state index in [-0.39, 0.29) is 5.91 Å². The first-order chi connectivity index (χ1) is 15.8. The normalized spacial score (nSPS) is 14.4. The smallest absolute Gasteiger partial charge is 0.368 e. The van der Waals surface area contributed by atoms with Crippen LogP contribution in [0.4, 0.5) is 18.9 Å². The summed E-state index contributed by atoms with van der Waals surface area (Å²) in [5.74, 6) is 0.782. The number of carbonyl (C=O) groups excluding carboxylic acids is 1. The average molecular weight is 471 g/mol. The van der Waals surface area contributed by atoms with E-state index in [9.17, 15) is 18.0 Å². The van der Waals surface area contributed by atoms with Gasteiger partial charge in [0.05, 0.1) is 5.56 Å². The molecule has 0 atom stereocenters. The van der Waals surface area contributed by atoms with Gasteiger partial charge in [0, 0.05) is 48.1 Å². The summed E-state index contributed by atoms with van der Waals surface area (Å²) in [6.45, 7) is 4.01. The molecule has 0 radical (unpaired) electrons. The molecule has 3 aromatic carbocycles. The highest BCUT2D eigenvalue weighted by Gasteiger charge is 2.31. The zero-order valence-electron chi connectivity index (χ0n) is 18.3. The second-order valence-electron chi connectivity index (χ2n) is 8.13. The maximum atomic E-state index is 13.0. The van der Waals surface area contributed by atoms with Crippen LogP contribution in [0, 0.1) is 6.92 Å². The summed E-state index contributed by atoms with van der Waals surface area (Å²) in [7, 11) is 0. The van der Waals surface area contributed by atoms with E-state index < -0.39 is 11.7 Å². The Kier molecular flexibility index (Phi) is 6.98. The SMILES string of the molecule is Cc1ccc(SCc2ccc(C(=O)N3CCN(c4cccc(C(F)(F)F)c4)CC3)cc2)cc1. The largest absolute Gasteiger partial charge is 0.416 e. The average Bonchev–Trinajstić information content (AvgIpc) is 2.83. The first-order valence-electron chi connectivity index (χ1n) is 10.8. The molecule has 7 heteroatoms. The van der Waals surface area contributed by atoms with Crippen LogP contribution in [0.2, 0.25) is 0 Å². The van der Waals surface area contributed by atoms with E-state index in [1.807, 2.05) is 29.2 Å². The van der Waals surface area contributed by atoms with Crippen LogP contribution >= 0.6 is 11.8 Å². The van der Waals surface area contributed by atoms with Crippen LogP contribution < -0.4 is 4.90 Å². The summed E-state index contributed by atoms with van der Waals surface area (Å²) in [6, 6.07) is 21.4. The van der Waals surface area contributed by atoms with Gasteiger partial charge in [0.1, 0.15) is 0 Å². The zero-order chi connectivity index (χ0) is 23.4. The maximum absolute atomic E-state index is 13.0. The van der Waals surface area contributed by atoms with E-state index in [0.717, 1.165) is 17.4 Å². The Bertz CT molecular complexity index is 1090. The van der Waals surface area contributed by atoms with Crippen molar-refractivity contribution in [1.29, 1.82) is 0 Å². The van der Waals surface area contributed by atoms with Gasteiger partial charge in [0.15, 0.2) is 0 Å². The number of amides is 1. The van der Waals surface area contributed by atoms with Crippen LogP contribution in [-0.4, -0.2) is 37.0 Å². The molecule has 3 nitrogen and oxygen atoms in total. The van der Waals surface area contributed by atoms with Crippen LogP contribution in [-0.2, 0) is 11.9 Å². The van der Waals surface area contributed by atoms with Crippen molar-refractivity contribution in [2.45, 2.75) is 23.7 Å². The Balaban J connectivity index is 1.32. The molecule has 0 bridgehead atoms. The summed E-state index contributed by atoms with van der Waals surface area (Å²) in [5.41, 5.74) is 2.89. The fourth-order valence-corrected chi connectivity index (χ4v) is 4.63. The molecule has 0 spiro atoms. The molecule has 0 aliphatic carbocycles. The number of alkyl halides is 3. The number of hydrogen-bond donors (Lipinski definition) is 0. The molecule has 172 valence electrons. The lowest BCUT2D eigenvalue weighted by Crippen LogP contribution is -2.48. The van der Waals surface area contributed by atoms with Crippen molar-refractivity contribution in [1.82, 2.24) is 4.90 Å². The second-order valence-corrected chi connectivity index (χ2v) is 9.17. The predicted octanol–water partition coefficient (Wildman–Crippen LogP) is 6.27. The van der Waals surface area contributed by atoms with Crippen molar-refractivity contribution in [3.05, 3.63) is 95.1 Å². The van der Waals surface area contributed by atoms with E-state index in [0.29, 0.717) is 37.4 Å². The van der Waals surface area contributed by atoms with E-state index in [1.54, 1.807) is 22.7 Å². The lowest BCUT2D eigenvalue weighted by molar-refractivity contribution is -0.137. The number of aryl methyl sites for hydroxylation is 1. The molecule has 0 aromatic heterocycles. The molecule has 1 fully saturated rings. The van der Waals surface area contributed by atoms with Crippen molar-refractivity contribution in [2.75, 3.05) is 31.1 Å². The molecule has 1 aliphatic rings. The van der Waals surface area contributed by atoms with E-state index >= 15 is 0 Å². The lowest BCUT2D eigenvalue weighted by atomic mass is 10.1. The lowest BCUT2D eigenvalue weighted by Gasteiger charge is -2.36. The van der Waals surface area contributed by atoms with Gasteiger partial charge >= 0.3 is 6.18 Å². The Labute approximate surface area is 196 Å². The number of piperazine rings is 1. The molecule has 0 unspecified atom stereocenters. The monoisotopic (exact) mass is 470 g/mol. The minimum atomic E-state index is -4.36. The molecule has 4 rings (SSSR count). The Morgan fingerprint density at radius 1 is 0.909 bits per heavy atom. The molecule has 33 heavy (non-hydrogen) atoms. The first kappa shape index (κ1) is 23.2. The van der Waals surface area contributed by atoms with Gasteiger partial charge in [-0.25, -0.2) is 0 Å². The molecular formula is C26H25F3N2OS. The number of rotatable bonds is 5. The van der Waals surface area contributed by atoms with Crippen LogP contribution in [0.3, 0.4) is 0 Å². The number of anilines is 1. The van der Waals surface area contributed by atoms with Gasteiger partial charge in [-0.1, -0.05) is 35.9 Å². The van der Waals surface area contributed by atoms with Crippen molar-refractivity contribution in [2.24, 2.45) is 0 Å². The van der Waals surface area contributed by atoms with Crippen LogP contribution in [0.25, 0.3) is 0 Å². The van der Waals surface area contributed by atoms with Crippen molar-refractivity contribution >= 4 is 23.4 Å². The summed E-state index contributed by atoms with van der Waals surface area (Å²) >= 11 is 1.75. The Hall–Kier alpha value is -2.93. The van der Waals surface area contributed by atoms with Gasteiger partial charge in [0.25, 0.3) is 5.91 Å². The van der Waals surface area contributed by atoms with E-state index in [4.69, 9.17) is 0 Å². The summed E-state index contributed by atoms with van der Waals surface area (Å²) < 4.78 is 39.0. The number of thioether (sulfide) groups is 1. The second kappa shape index (κ2) is 9.91. The van der Waals surface area contributed by atoms with Crippen molar-refractivity contribution in [3.63, 3.8) is 0 Å². The zero-order valence-corrected chi connectivity index (χ0v) is 19.1. The number of halogens is 3. The summed E-state index contributed by atoms with van der Waals surface area (Å²) in [4.78, 5) is 17.8. The molecule has 0 saturated carbocycles. The summed E-state index contributed by atoms with van der Waals surface area (Å²) in [6.07, 6.45) is -4.36. The number of carbonyl (C=O) groups is 1. The maximum Gasteiger partial charge on any atom is 0.416 e. The molecule has 0 N–H and O–H groups in total. The Morgan fingerprint density at radius 2 is 1.58 bits per heavy atom. The van der Waals surface area contributed by atoms with Gasteiger partial charge in [-0.05, 0) is 55.0 Å². The van der Waals surface area contributed by atoms with Crippen LogP contribution in [0.15, 0.2) is 77.7 Å². The topological polar surface area (TPSA) is 23.6 Å². The van der Waals surface area contributed by atoms with Crippen molar-refractivity contribution < 1.29 is 18.0 Å². The minimum Gasteiger partial charge on any atom is -0.368 e. The highest BCUT2D eigenvalue weighted by atomic mass is 32.2. The van der Waals surface area contributed by atoms with Gasteiger partial charge < -0.3 is 9.80 Å². The third-order valence-electron chi connectivity index (χ3n) is 5.73. The van der Waals surface area contributed by atoms with Gasteiger partial charge in [-0.3, -0.25) is 4.79 Å². The van der Waals surface area contributed by atoms with Crippen molar-refractivity contribution in [3.8, 4) is 0 Å². The number of nitrogens with zero attached hydrogens (tertiary/aromatic N) is 2. The summed E-state index contributed by atoms with van der Waals surface area (Å²) in [5, 5.41) is 0. The predicted molar refractivity (Wildman–Crippen MR) is 127 cm³/mol. The van der Waals surface area contributed by atoms with Crippen LogP contribution in [0.1, 0.15) is 27.0 Å². The third-order valence-corrected chi connectivity index (χ3v) is 6.82. The fraction of sp³-hybridized carbons (Fsp3) is 0.269. The first-order valence-corrected chi connectivity index (χ1v) is 11.8. The molecule has 1 heterocycles. The molecule has 1 amide bonds. The van der Waals surface area contributed by atoms with E-state index in [1.165, 1.54) is 22.6 Å². The highest BCUT2D eigenvalue weighted by molar-refractivity contribution is 7.98. The molecule has 1 saturated heterocycles. The molecular weight excluding hydrogens is 445 g/mol. The highest BCUT2D eigenvalue weighted by Crippen LogP contribution is 2.32. The fourth-order valence-electron chi connectivity index (χ4n) is 3.77. The quantitative estimate of drug-likeness (QED) is 0.411. The van der Waals surface area contributed by atoms with Gasteiger partial charge in [0.2, 0.25) is 0 Å². The molecule has 1 aliphatic heterocycles. The third kappa shape index (κ3) is 5.90. The minimum absolute atomic E-state index is 0.0450. The van der Waals surface area contributed by atoms with E-state index in [2.05, 4.69) is 31.2 Å². The van der Waals surface area contributed by atoms with Gasteiger partial charge in [-0.2, -0.15) is 13.2 Å². The number of hydrogen-bond acceptors (Lipinski definition) is 3. The van der Waals surface area contributed by atoms with Crippen LogP contribution in [0.5, 0.6) is 0 Å².